The van der Waals surface area contributed by atoms with Gasteiger partial charge in [-0.1, -0.05) is 82.6 Å². The summed E-state index contributed by atoms with van der Waals surface area (Å²) in [6.45, 7) is 27.0. The van der Waals surface area contributed by atoms with Gasteiger partial charge in [0.05, 0.1) is 0 Å². The molecule has 2 aliphatic rings. The largest absolute Gasteiger partial charge is 0.300 e. The molecule has 0 radical (unpaired) electrons. The summed E-state index contributed by atoms with van der Waals surface area (Å²) in [4.78, 5) is 23.7. The predicted molar refractivity (Wildman–Crippen MR) is 139 cm³/mol. The van der Waals surface area contributed by atoms with E-state index in [2.05, 4.69) is 76.2 Å². The number of carbonyl (C=O) groups excluding carboxylic acids is 2. The molecule has 0 aliphatic heterocycles. The molecule has 188 valence electrons. The lowest BCUT2D eigenvalue weighted by Crippen LogP contribution is -2.44. The fraction of sp³-hybridized carbons (Fsp3) is 0.933. The van der Waals surface area contributed by atoms with Crippen LogP contribution in [-0.2, 0) is 9.59 Å². The molecule has 7 atom stereocenters. The molecule has 0 heterocycles. The number of ketones is 2. The summed E-state index contributed by atoms with van der Waals surface area (Å²) in [6.07, 6.45) is 6.68. The molecule has 0 aromatic heterocycles. The molecule has 2 aliphatic carbocycles. The van der Waals surface area contributed by atoms with Crippen LogP contribution in [0.4, 0.5) is 0 Å². The van der Waals surface area contributed by atoms with Crippen LogP contribution in [0, 0.1) is 58.2 Å². The van der Waals surface area contributed by atoms with Gasteiger partial charge in [0.2, 0.25) is 0 Å². The molecule has 6 unspecified atom stereocenters. The van der Waals surface area contributed by atoms with Crippen molar-refractivity contribution in [3.63, 3.8) is 0 Å². The Bertz CT molecular complexity index is 614. The Morgan fingerprint density at radius 2 is 1.22 bits per heavy atom. The van der Waals surface area contributed by atoms with Gasteiger partial charge in [0, 0.05) is 18.8 Å². The molecule has 2 saturated carbocycles. The van der Waals surface area contributed by atoms with Gasteiger partial charge in [0.15, 0.2) is 0 Å². The normalized spacial score (nSPS) is 34.9. The van der Waals surface area contributed by atoms with Crippen LogP contribution in [-0.4, -0.2) is 11.6 Å². The summed E-state index contributed by atoms with van der Waals surface area (Å²) in [5.41, 5.74) is 0.566. The van der Waals surface area contributed by atoms with E-state index in [0.29, 0.717) is 46.6 Å². The minimum atomic E-state index is 0.184. The molecule has 0 aromatic carbocycles. The van der Waals surface area contributed by atoms with Gasteiger partial charge in [-0.3, -0.25) is 4.79 Å². The summed E-state index contributed by atoms with van der Waals surface area (Å²) in [7, 11) is 0. The Kier molecular flexibility index (Phi) is 10.7. The third kappa shape index (κ3) is 7.17. The van der Waals surface area contributed by atoms with Gasteiger partial charge >= 0.3 is 0 Å². The molecule has 2 heteroatoms. The predicted octanol–water partition coefficient (Wildman–Crippen LogP) is 8.62. The molecule has 2 nitrogen and oxygen atoms in total. The molecule has 0 N–H and O–H groups in total. The molecule has 2 rings (SSSR count). The van der Waals surface area contributed by atoms with Crippen molar-refractivity contribution in [3.05, 3.63) is 0 Å². The first-order chi connectivity index (χ1) is 14.5. The van der Waals surface area contributed by atoms with Gasteiger partial charge < -0.3 is 4.79 Å². The molecular weight excluding hydrogens is 392 g/mol. The standard InChI is InChI=1S/2C15H28O/c1-10-7-8-12(3)15(5,6)14(10)11(2)9-13(4)16;1-10(2)9-13(16)14-11(3)7-8-12(4)15(14,5)6/h2*10-12,14H,7-9H2,1-6H3/t10-,11?,12?,14?;/m1./s1. The first-order valence-electron chi connectivity index (χ1n) is 13.5. The van der Waals surface area contributed by atoms with E-state index in [4.69, 9.17) is 0 Å². The van der Waals surface area contributed by atoms with Gasteiger partial charge in [-0.15, -0.1) is 0 Å². The number of Topliss-reactive ketones (excluding diaryl/α,β-unsaturated/α-hetero) is 2. The maximum Gasteiger partial charge on any atom is 0.137 e. The lowest BCUT2D eigenvalue weighted by Gasteiger charge is -2.50. The van der Waals surface area contributed by atoms with Gasteiger partial charge in [-0.05, 0) is 78.4 Å². The number of hydrogen-bond donors (Lipinski definition) is 0. The van der Waals surface area contributed by atoms with Crippen LogP contribution in [0.3, 0.4) is 0 Å². The average Bonchev–Trinajstić information content (AvgIpc) is 2.61. The van der Waals surface area contributed by atoms with E-state index >= 15 is 0 Å². The van der Waals surface area contributed by atoms with Crippen molar-refractivity contribution in [2.24, 2.45) is 58.2 Å². The Morgan fingerprint density at radius 1 is 0.750 bits per heavy atom. The minimum absolute atomic E-state index is 0.184. The Morgan fingerprint density at radius 3 is 1.69 bits per heavy atom. The van der Waals surface area contributed by atoms with E-state index < -0.39 is 0 Å². The van der Waals surface area contributed by atoms with Crippen molar-refractivity contribution >= 4 is 11.6 Å². The zero-order chi connectivity index (χ0) is 25.0. The highest BCUT2D eigenvalue weighted by atomic mass is 16.1. The van der Waals surface area contributed by atoms with E-state index in [1.54, 1.807) is 6.92 Å². The SMILES string of the molecule is CC(=O)CC(C)C1[C@H](C)CCC(C)C1(C)C.CC(C)CC(=O)C1C(C)CCC(C)C1(C)C. The van der Waals surface area contributed by atoms with Crippen LogP contribution in [0.2, 0.25) is 0 Å². The fourth-order valence-corrected chi connectivity index (χ4v) is 7.35. The molecule has 0 bridgehead atoms. The Balaban J connectivity index is 0.000000320. The van der Waals surface area contributed by atoms with Crippen molar-refractivity contribution < 1.29 is 9.59 Å². The maximum atomic E-state index is 12.4. The van der Waals surface area contributed by atoms with Crippen molar-refractivity contribution in [1.29, 1.82) is 0 Å². The van der Waals surface area contributed by atoms with E-state index in [-0.39, 0.29) is 11.3 Å². The highest BCUT2D eigenvalue weighted by Crippen LogP contribution is 2.51. The second-order valence-corrected chi connectivity index (χ2v) is 13.5. The van der Waals surface area contributed by atoms with Crippen LogP contribution in [0.5, 0.6) is 0 Å². The first-order valence-corrected chi connectivity index (χ1v) is 13.5. The maximum absolute atomic E-state index is 12.4. The van der Waals surface area contributed by atoms with Crippen LogP contribution in [0.15, 0.2) is 0 Å². The lowest BCUT2D eigenvalue weighted by atomic mass is 9.55. The van der Waals surface area contributed by atoms with Crippen LogP contribution in [0.25, 0.3) is 0 Å². The van der Waals surface area contributed by atoms with Crippen molar-refractivity contribution in [2.45, 2.75) is 122 Å². The molecule has 2 fully saturated rings. The number of rotatable bonds is 6. The van der Waals surface area contributed by atoms with Crippen LogP contribution >= 0.6 is 0 Å². The second kappa shape index (κ2) is 11.7. The Hall–Kier alpha value is -0.660. The minimum Gasteiger partial charge on any atom is -0.300 e. The quantitative estimate of drug-likeness (QED) is 0.407. The molecular formula is C30H56O2. The molecule has 0 aromatic rings. The number of carbonyl (C=O) groups is 2. The zero-order valence-corrected chi connectivity index (χ0v) is 23.7. The van der Waals surface area contributed by atoms with E-state index in [9.17, 15) is 9.59 Å². The highest BCUT2D eigenvalue weighted by Gasteiger charge is 2.45. The number of hydrogen-bond acceptors (Lipinski definition) is 2. The summed E-state index contributed by atoms with van der Waals surface area (Å²) in [6, 6.07) is 0. The van der Waals surface area contributed by atoms with Gasteiger partial charge in [0.1, 0.15) is 11.6 Å². The summed E-state index contributed by atoms with van der Waals surface area (Å²) in [5, 5.41) is 0. The molecule has 0 amide bonds. The molecule has 0 saturated heterocycles. The smallest absolute Gasteiger partial charge is 0.137 e. The summed E-state index contributed by atoms with van der Waals surface area (Å²) < 4.78 is 0. The monoisotopic (exact) mass is 448 g/mol. The van der Waals surface area contributed by atoms with Crippen molar-refractivity contribution in [3.8, 4) is 0 Å². The molecule has 32 heavy (non-hydrogen) atoms. The first kappa shape index (κ1) is 29.4. The zero-order valence-electron chi connectivity index (χ0n) is 23.7. The van der Waals surface area contributed by atoms with E-state index in [1.165, 1.54) is 25.7 Å². The Labute approximate surface area is 201 Å². The molecule has 0 spiro atoms. The third-order valence-electron chi connectivity index (χ3n) is 9.67. The van der Waals surface area contributed by atoms with Gasteiger partial charge in [-0.2, -0.15) is 0 Å². The van der Waals surface area contributed by atoms with Gasteiger partial charge in [0.25, 0.3) is 0 Å². The summed E-state index contributed by atoms with van der Waals surface area (Å²) >= 11 is 0. The van der Waals surface area contributed by atoms with Crippen LogP contribution in [0.1, 0.15) is 122 Å². The van der Waals surface area contributed by atoms with Crippen molar-refractivity contribution in [1.82, 2.24) is 0 Å². The van der Waals surface area contributed by atoms with Gasteiger partial charge in [-0.25, -0.2) is 0 Å². The van der Waals surface area contributed by atoms with Crippen molar-refractivity contribution in [2.75, 3.05) is 0 Å². The third-order valence-corrected chi connectivity index (χ3v) is 9.67. The average molecular weight is 449 g/mol. The lowest BCUT2D eigenvalue weighted by molar-refractivity contribution is -0.133. The van der Waals surface area contributed by atoms with E-state index in [0.717, 1.165) is 24.7 Å². The topological polar surface area (TPSA) is 34.1 Å². The van der Waals surface area contributed by atoms with Crippen LogP contribution < -0.4 is 0 Å². The van der Waals surface area contributed by atoms with E-state index in [1.807, 2.05) is 0 Å². The summed E-state index contributed by atoms with van der Waals surface area (Å²) in [5.74, 6) is 5.62. The second-order valence-electron chi connectivity index (χ2n) is 13.5. The highest BCUT2D eigenvalue weighted by molar-refractivity contribution is 5.82. The fourth-order valence-electron chi connectivity index (χ4n) is 7.35.